The number of hydrogen-bond donors (Lipinski definition) is 0. The van der Waals surface area contributed by atoms with Crippen molar-refractivity contribution in [3.05, 3.63) is 174 Å². The normalized spacial score (nSPS) is 14.7. The minimum absolute atomic E-state index is 0.0981. The van der Waals surface area contributed by atoms with Crippen LogP contribution in [0, 0.1) is 0 Å². The number of thiophene rings is 1. The lowest BCUT2D eigenvalue weighted by atomic mass is 9.78. The Morgan fingerprint density at radius 3 is 1.78 bits per heavy atom. The van der Waals surface area contributed by atoms with Crippen molar-refractivity contribution >= 4 is 48.6 Å². The van der Waals surface area contributed by atoms with Crippen LogP contribution in [0.4, 0.5) is 17.1 Å². The highest BCUT2D eigenvalue weighted by Crippen LogP contribution is 2.56. The van der Waals surface area contributed by atoms with Crippen molar-refractivity contribution < 1.29 is 0 Å². The minimum atomic E-state index is -0.125. The van der Waals surface area contributed by atoms with Crippen LogP contribution in [0.3, 0.4) is 0 Å². The van der Waals surface area contributed by atoms with Gasteiger partial charge in [0.05, 0.1) is 0 Å². The van der Waals surface area contributed by atoms with Gasteiger partial charge < -0.3 is 4.90 Å². The second-order valence-electron chi connectivity index (χ2n) is 15.0. The number of anilines is 3. The summed E-state index contributed by atoms with van der Waals surface area (Å²) in [5, 5.41) is 2.64. The Balaban J connectivity index is 1.26. The summed E-state index contributed by atoms with van der Waals surface area (Å²) in [7, 11) is 0. The van der Waals surface area contributed by atoms with E-state index in [0.29, 0.717) is 0 Å². The summed E-state index contributed by atoms with van der Waals surface area (Å²) >= 11 is 1.88. The Bertz CT molecular complexity index is 2660. The van der Waals surface area contributed by atoms with Crippen LogP contribution in [0.25, 0.3) is 53.6 Å². The molecule has 0 unspecified atom stereocenters. The monoisotopic (exact) mass is 659 g/mol. The van der Waals surface area contributed by atoms with Crippen LogP contribution in [0.2, 0.25) is 0 Å². The van der Waals surface area contributed by atoms with Gasteiger partial charge in [0.1, 0.15) is 0 Å². The van der Waals surface area contributed by atoms with E-state index >= 15 is 0 Å². The molecule has 0 aliphatic heterocycles. The summed E-state index contributed by atoms with van der Waals surface area (Å²) < 4.78 is 2.63. The summed E-state index contributed by atoms with van der Waals surface area (Å²) in [5.74, 6) is 0. The SMILES string of the molecule is CC1(C)c2ccccc2-c2ccc(N(c3cc(-c4ccccc4)c4c(c3)-c3ccccc3C4(C)C)c3ccc4c(c3)sc3ccccc34)cc21. The molecule has 0 spiro atoms. The van der Waals surface area contributed by atoms with E-state index in [1.54, 1.807) is 0 Å². The van der Waals surface area contributed by atoms with E-state index in [-0.39, 0.29) is 10.8 Å². The number of benzene rings is 7. The van der Waals surface area contributed by atoms with Gasteiger partial charge in [-0.1, -0.05) is 137 Å². The molecule has 0 N–H and O–H groups in total. The fourth-order valence-electron chi connectivity index (χ4n) is 9.02. The van der Waals surface area contributed by atoms with Crippen LogP contribution in [0.15, 0.2) is 152 Å². The van der Waals surface area contributed by atoms with Crippen molar-refractivity contribution in [1.29, 1.82) is 0 Å². The van der Waals surface area contributed by atoms with Gasteiger partial charge in [0.2, 0.25) is 0 Å². The molecule has 0 fully saturated rings. The van der Waals surface area contributed by atoms with E-state index in [2.05, 4.69) is 184 Å². The van der Waals surface area contributed by atoms with Gasteiger partial charge in [-0.05, 0) is 98.1 Å². The first-order valence-corrected chi connectivity index (χ1v) is 18.4. The molecule has 0 atom stereocenters. The summed E-state index contributed by atoms with van der Waals surface area (Å²) in [5.41, 5.74) is 16.7. The molecule has 0 bridgehead atoms. The van der Waals surface area contributed by atoms with E-state index in [0.717, 1.165) is 0 Å². The van der Waals surface area contributed by atoms with Gasteiger partial charge in [0.25, 0.3) is 0 Å². The van der Waals surface area contributed by atoms with E-state index < -0.39 is 0 Å². The summed E-state index contributed by atoms with van der Waals surface area (Å²) in [6, 6.07) is 56.8. The first-order valence-electron chi connectivity index (χ1n) is 17.6. The molecule has 1 nitrogen and oxygen atoms in total. The van der Waals surface area contributed by atoms with Crippen molar-refractivity contribution in [2.75, 3.05) is 4.90 Å². The maximum Gasteiger partial charge on any atom is 0.0476 e. The van der Waals surface area contributed by atoms with Crippen LogP contribution in [-0.2, 0) is 10.8 Å². The average molecular weight is 660 g/mol. The third-order valence-electron chi connectivity index (χ3n) is 11.4. The van der Waals surface area contributed by atoms with Gasteiger partial charge in [0, 0.05) is 48.1 Å². The van der Waals surface area contributed by atoms with E-state index in [1.165, 1.54) is 92.9 Å². The van der Waals surface area contributed by atoms with Crippen LogP contribution in [0.5, 0.6) is 0 Å². The van der Waals surface area contributed by atoms with E-state index in [9.17, 15) is 0 Å². The number of nitrogens with zero attached hydrogens (tertiary/aromatic N) is 1. The second-order valence-corrected chi connectivity index (χ2v) is 16.1. The first kappa shape index (κ1) is 29.5. The van der Waals surface area contributed by atoms with Gasteiger partial charge in [-0.15, -0.1) is 11.3 Å². The number of hydrogen-bond acceptors (Lipinski definition) is 2. The molecule has 0 saturated heterocycles. The molecule has 7 aromatic carbocycles. The molecule has 0 radical (unpaired) electrons. The fraction of sp³-hybridized carbons (Fsp3) is 0.125. The second kappa shape index (κ2) is 10.5. The Hall–Kier alpha value is -5.44. The molecule has 50 heavy (non-hydrogen) atoms. The van der Waals surface area contributed by atoms with Gasteiger partial charge in [-0.2, -0.15) is 0 Å². The third kappa shape index (κ3) is 4.12. The van der Waals surface area contributed by atoms with Crippen molar-refractivity contribution in [3.63, 3.8) is 0 Å². The smallest absolute Gasteiger partial charge is 0.0476 e. The van der Waals surface area contributed by atoms with Crippen LogP contribution >= 0.6 is 11.3 Å². The van der Waals surface area contributed by atoms with Crippen molar-refractivity contribution in [2.24, 2.45) is 0 Å². The quantitative estimate of drug-likeness (QED) is 0.182. The van der Waals surface area contributed by atoms with E-state index in [1.807, 2.05) is 11.3 Å². The van der Waals surface area contributed by atoms with Crippen LogP contribution in [-0.4, -0.2) is 0 Å². The molecule has 2 heteroatoms. The number of rotatable bonds is 4. The van der Waals surface area contributed by atoms with Gasteiger partial charge >= 0.3 is 0 Å². The molecule has 8 aromatic rings. The highest BCUT2D eigenvalue weighted by Gasteiger charge is 2.39. The molecule has 2 aliphatic rings. The van der Waals surface area contributed by atoms with Crippen molar-refractivity contribution in [3.8, 4) is 33.4 Å². The van der Waals surface area contributed by atoms with E-state index in [4.69, 9.17) is 0 Å². The molecule has 1 heterocycles. The molecule has 0 saturated carbocycles. The molecule has 240 valence electrons. The Morgan fingerprint density at radius 2 is 0.980 bits per heavy atom. The lowest BCUT2D eigenvalue weighted by Crippen LogP contribution is -2.18. The average Bonchev–Trinajstić information content (AvgIpc) is 3.71. The third-order valence-corrected chi connectivity index (χ3v) is 12.6. The first-order chi connectivity index (χ1) is 24.3. The highest BCUT2D eigenvalue weighted by molar-refractivity contribution is 7.25. The van der Waals surface area contributed by atoms with Crippen molar-refractivity contribution in [1.82, 2.24) is 0 Å². The predicted molar refractivity (Wildman–Crippen MR) is 215 cm³/mol. The molecular formula is C48H37NS. The lowest BCUT2D eigenvalue weighted by Gasteiger charge is -2.30. The largest absolute Gasteiger partial charge is 0.310 e. The summed E-state index contributed by atoms with van der Waals surface area (Å²) in [6.45, 7) is 9.52. The number of fused-ring (bicyclic) bond motifs is 9. The van der Waals surface area contributed by atoms with Gasteiger partial charge in [-0.3, -0.25) is 0 Å². The van der Waals surface area contributed by atoms with Crippen LogP contribution < -0.4 is 4.90 Å². The minimum Gasteiger partial charge on any atom is -0.310 e. The standard InChI is InChI=1S/C48H37NS/c1-47(2)41-19-11-8-16-34(41)36-24-22-31(28-43(36)47)49(32-23-25-38-37-18-10-13-21-44(37)50-45(38)29-32)33-26-39(30-14-6-5-7-15-30)46-40(27-33)35-17-9-12-20-42(35)48(46,3)4/h5-29H,1-4H3. The van der Waals surface area contributed by atoms with Crippen molar-refractivity contribution in [2.45, 2.75) is 38.5 Å². The maximum atomic E-state index is 2.50. The molecular weight excluding hydrogens is 623 g/mol. The summed E-state index contributed by atoms with van der Waals surface area (Å²) in [4.78, 5) is 2.50. The summed E-state index contributed by atoms with van der Waals surface area (Å²) in [6.07, 6.45) is 0. The zero-order valence-electron chi connectivity index (χ0n) is 28.8. The zero-order valence-corrected chi connectivity index (χ0v) is 29.6. The molecule has 10 rings (SSSR count). The Morgan fingerprint density at radius 1 is 0.400 bits per heavy atom. The molecule has 2 aliphatic carbocycles. The Kier molecular flexibility index (Phi) is 6.21. The predicted octanol–water partition coefficient (Wildman–Crippen LogP) is 13.8. The topological polar surface area (TPSA) is 3.24 Å². The van der Waals surface area contributed by atoms with Gasteiger partial charge in [0.15, 0.2) is 0 Å². The molecule has 1 aromatic heterocycles. The van der Waals surface area contributed by atoms with Crippen LogP contribution in [0.1, 0.15) is 49.9 Å². The van der Waals surface area contributed by atoms with Gasteiger partial charge in [-0.25, -0.2) is 0 Å². The Labute approximate surface area is 298 Å². The fourth-order valence-corrected chi connectivity index (χ4v) is 10.2. The highest BCUT2D eigenvalue weighted by atomic mass is 32.1. The lowest BCUT2D eigenvalue weighted by molar-refractivity contribution is 0.660. The molecule has 0 amide bonds. The maximum absolute atomic E-state index is 2.50. The zero-order chi connectivity index (χ0) is 33.8.